The predicted octanol–water partition coefficient (Wildman–Crippen LogP) is 5.19. The van der Waals surface area contributed by atoms with E-state index in [0.29, 0.717) is 11.8 Å². The van der Waals surface area contributed by atoms with Crippen molar-refractivity contribution in [3.8, 4) is 10.7 Å². The minimum absolute atomic E-state index is 0.00769. The van der Waals surface area contributed by atoms with Crippen LogP contribution >= 0.6 is 23.1 Å². The minimum atomic E-state index is 0.00769. The molecule has 3 aromatic rings. The third-order valence-electron chi connectivity index (χ3n) is 5.90. The summed E-state index contributed by atoms with van der Waals surface area (Å²) >= 11 is 3.16. The van der Waals surface area contributed by atoms with Crippen LogP contribution < -0.4 is 5.32 Å². The van der Waals surface area contributed by atoms with E-state index in [9.17, 15) is 4.79 Å². The molecule has 1 atom stereocenters. The van der Waals surface area contributed by atoms with Crippen LogP contribution in [0.1, 0.15) is 61.4 Å². The highest BCUT2D eigenvalue weighted by atomic mass is 32.2. The van der Waals surface area contributed by atoms with Crippen LogP contribution in [0.5, 0.6) is 0 Å². The molecule has 0 aliphatic heterocycles. The molecule has 2 aliphatic rings. The van der Waals surface area contributed by atoms with E-state index in [0.717, 1.165) is 35.1 Å². The maximum absolute atomic E-state index is 12.6. The Morgan fingerprint density at radius 2 is 2.07 bits per heavy atom. The van der Waals surface area contributed by atoms with Crippen molar-refractivity contribution in [2.45, 2.75) is 62.7 Å². The molecular weight excluding hydrogens is 412 g/mol. The van der Waals surface area contributed by atoms with Crippen molar-refractivity contribution < 1.29 is 4.79 Å². The Bertz CT molecular complexity index is 1040. The third-order valence-corrected chi connectivity index (χ3v) is 7.71. The maximum atomic E-state index is 12.6. The summed E-state index contributed by atoms with van der Waals surface area (Å²) in [5.74, 6) is 1.32. The number of rotatable bonds is 7. The summed E-state index contributed by atoms with van der Waals surface area (Å²) in [5, 5.41) is 14.9. The number of thioether (sulfide) groups is 1. The number of nitrogens with one attached hydrogen (secondary N) is 1. The lowest BCUT2D eigenvalue weighted by molar-refractivity contribution is -0.119. The molecule has 5 rings (SSSR count). The van der Waals surface area contributed by atoms with Crippen molar-refractivity contribution in [1.29, 1.82) is 0 Å². The van der Waals surface area contributed by atoms with Crippen LogP contribution in [0.2, 0.25) is 0 Å². The Kier molecular flexibility index (Phi) is 5.65. The van der Waals surface area contributed by atoms with Gasteiger partial charge in [0, 0.05) is 6.04 Å². The normalized spacial score (nSPS) is 16.8. The second-order valence-electron chi connectivity index (χ2n) is 8.20. The molecule has 1 fully saturated rings. The molecule has 0 spiro atoms. The van der Waals surface area contributed by atoms with Gasteiger partial charge in [0.1, 0.15) is 0 Å². The Balaban J connectivity index is 1.23. The number of carbonyl (C=O) groups is 1. The molecule has 1 aromatic carbocycles. The number of aromatic nitrogens is 3. The van der Waals surface area contributed by atoms with Gasteiger partial charge in [-0.1, -0.05) is 36.0 Å². The molecule has 2 heterocycles. The lowest BCUT2D eigenvalue weighted by atomic mass is 9.89. The topological polar surface area (TPSA) is 59.8 Å². The zero-order chi connectivity index (χ0) is 20.5. The first-order valence-electron chi connectivity index (χ1n) is 10.7. The molecule has 2 aliphatic carbocycles. The van der Waals surface area contributed by atoms with Gasteiger partial charge in [-0.2, -0.15) is 0 Å². The van der Waals surface area contributed by atoms with Crippen LogP contribution in [-0.2, 0) is 17.6 Å². The molecule has 0 bridgehead atoms. The monoisotopic (exact) mass is 438 g/mol. The van der Waals surface area contributed by atoms with Crippen LogP contribution in [0.3, 0.4) is 0 Å². The molecule has 156 valence electrons. The Hall–Kier alpha value is -2.12. The molecular formula is C23H26N4OS2. The Labute approximate surface area is 185 Å². The zero-order valence-corrected chi connectivity index (χ0v) is 18.8. The van der Waals surface area contributed by atoms with E-state index >= 15 is 0 Å². The second kappa shape index (κ2) is 8.55. The van der Waals surface area contributed by atoms with Gasteiger partial charge < -0.3 is 5.32 Å². The number of hydrogen-bond donors (Lipinski definition) is 1. The molecule has 1 N–H and O–H groups in total. The number of aryl methyl sites for hydroxylation is 2. The van der Waals surface area contributed by atoms with Crippen LogP contribution in [-0.4, -0.2) is 26.4 Å². The average Bonchev–Trinajstić information content (AvgIpc) is 3.28. The van der Waals surface area contributed by atoms with Gasteiger partial charge in [0.15, 0.2) is 11.0 Å². The largest absolute Gasteiger partial charge is 0.349 e. The van der Waals surface area contributed by atoms with Gasteiger partial charge in [0.2, 0.25) is 5.91 Å². The lowest BCUT2D eigenvalue weighted by Crippen LogP contribution is -2.28. The zero-order valence-electron chi connectivity index (χ0n) is 17.1. The highest BCUT2D eigenvalue weighted by Gasteiger charge is 2.30. The van der Waals surface area contributed by atoms with Crippen LogP contribution in [0.15, 0.2) is 40.9 Å². The smallest absolute Gasteiger partial charge is 0.230 e. The number of thiophene rings is 1. The van der Waals surface area contributed by atoms with Gasteiger partial charge in [0.25, 0.3) is 0 Å². The van der Waals surface area contributed by atoms with E-state index in [4.69, 9.17) is 0 Å². The van der Waals surface area contributed by atoms with Gasteiger partial charge in [0.05, 0.1) is 16.7 Å². The van der Waals surface area contributed by atoms with Crippen molar-refractivity contribution in [2.24, 2.45) is 0 Å². The summed E-state index contributed by atoms with van der Waals surface area (Å²) < 4.78 is 2.22. The van der Waals surface area contributed by atoms with Crippen LogP contribution in [0, 0.1) is 0 Å². The summed E-state index contributed by atoms with van der Waals surface area (Å²) in [4.78, 5) is 13.8. The molecule has 5 nitrogen and oxygen atoms in total. The van der Waals surface area contributed by atoms with Gasteiger partial charge in [-0.3, -0.25) is 9.36 Å². The average molecular weight is 439 g/mol. The predicted molar refractivity (Wildman–Crippen MR) is 122 cm³/mol. The van der Waals surface area contributed by atoms with E-state index in [1.54, 1.807) is 11.3 Å². The molecule has 1 amide bonds. The fourth-order valence-electron chi connectivity index (χ4n) is 4.13. The SMILES string of the molecule is C[C@@H](NC(=O)CSc1nnc(-c2cccs2)n1C1CC1)c1ccc2c(c1)CCCC2. The maximum Gasteiger partial charge on any atom is 0.230 e. The van der Waals surface area contributed by atoms with Crippen molar-refractivity contribution in [3.63, 3.8) is 0 Å². The molecule has 30 heavy (non-hydrogen) atoms. The number of fused-ring (bicyclic) bond motifs is 1. The second-order valence-corrected chi connectivity index (χ2v) is 10.1. The molecule has 0 radical (unpaired) electrons. The number of nitrogens with zero attached hydrogens (tertiary/aromatic N) is 3. The van der Waals surface area contributed by atoms with E-state index < -0.39 is 0 Å². The van der Waals surface area contributed by atoms with E-state index in [-0.39, 0.29) is 11.9 Å². The third kappa shape index (κ3) is 4.18. The highest BCUT2D eigenvalue weighted by Crippen LogP contribution is 2.41. The van der Waals surface area contributed by atoms with E-state index in [1.807, 2.05) is 6.07 Å². The number of amides is 1. The Morgan fingerprint density at radius 3 is 2.83 bits per heavy atom. The minimum Gasteiger partial charge on any atom is -0.349 e. The number of benzene rings is 1. The van der Waals surface area contributed by atoms with Crippen molar-refractivity contribution in [3.05, 3.63) is 52.4 Å². The van der Waals surface area contributed by atoms with Crippen molar-refractivity contribution >= 4 is 29.0 Å². The summed E-state index contributed by atoms with van der Waals surface area (Å²) in [7, 11) is 0. The van der Waals surface area contributed by atoms with Gasteiger partial charge in [-0.15, -0.1) is 21.5 Å². The number of hydrogen-bond acceptors (Lipinski definition) is 5. The van der Waals surface area contributed by atoms with Crippen molar-refractivity contribution in [1.82, 2.24) is 20.1 Å². The Morgan fingerprint density at radius 1 is 1.23 bits per heavy atom. The van der Waals surface area contributed by atoms with Gasteiger partial charge >= 0.3 is 0 Å². The van der Waals surface area contributed by atoms with Crippen LogP contribution in [0.4, 0.5) is 0 Å². The first kappa shape index (κ1) is 19.8. The lowest BCUT2D eigenvalue weighted by Gasteiger charge is -2.20. The number of carbonyl (C=O) groups excluding carboxylic acids is 1. The summed E-state index contributed by atoms with van der Waals surface area (Å²) in [6.45, 7) is 2.06. The fraction of sp³-hybridized carbons (Fsp3) is 0.435. The van der Waals surface area contributed by atoms with E-state index in [2.05, 4.69) is 56.7 Å². The fourth-order valence-corrected chi connectivity index (χ4v) is 5.65. The van der Waals surface area contributed by atoms with E-state index in [1.165, 1.54) is 47.7 Å². The van der Waals surface area contributed by atoms with Gasteiger partial charge in [-0.25, -0.2) is 0 Å². The highest BCUT2D eigenvalue weighted by molar-refractivity contribution is 7.99. The molecule has 7 heteroatoms. The standard InChI is InChI=1S/C23H26N4OS2/c1-15(17-9-8-16-5-2-3-6-18(16)13-17)24-21(28)14-30-23-26-25-22(20-7-4-12-29-20)27(23)19-10-11-19/h4,7-9,12-13,15,19H,2-3,5-6,10-11,14H2,1H3,(H,24,28)/t15-/m1/s1. The summed E-state index contributed by atoms with van der Waals surface area (Å²) in [6, 6.07) is 11.3. The summed E-state index contributed by atoms with van der Waals surface area (Å²) in [5.41, 5.74) is 4.11. The first-order valence-corrected chi connectivity index (χ1v) is 12.6. The van der Waals surface area contributed by atoms with Gasteiger partial charge in [-0.05, 0) is 73.6 Å². The van der Waals surface area contributed by atoms with Crippen LogP contribution in [0.25, 0.3) is 10.7 Å². The molecule has 0 unspecified atom stereocenters. The van der Waals surface area contributed by atoms with Crippen molar-refractivity contribution in [2.75, 3.05) is 5.75 Å². The molecule has 1 saturated carbocycles. The quantitative estimate of drug-likeness (QED) is 0.516. The summed E-state index contributed by atoms with van der Waals surface area (Å²) in [6.07, 6.45) is 7.21. The molecule has 0 saturated heterocycles. The first-order chi connectivity index (χ1) is 14.7. The molecule has 2 aromatic heterocycles.